The SMILES string of the molecule is CCC(Oc1ccc(C(C)(C)CC)cc1C(C)(C)CC)C(=O)N1C(=O)COc2cc(N)c(O)cc21. The van der Waals surface area contributed by atoms with Crippen LogP contribution in [0.15, 0.2) is 30.3 Å². The van der Waals surface area contributed by atoms with Crippen LogP contribution >= 0.6 is 0 Å². The third kappa shape index (κ3) is 5.09. The molecule has 1 aliphatic rings. The molecule has 2 amide bonds. The highest BCUT2D eigenvalue weighted by molar-refractivity contribution is 6.18. The molecule has 0 bridgehead atoms. The lowest BCUT2D eigenvalue weighted by molar-refractivity contribution is -0.132. The van der Waals surface area contributed by atoms with Crippen molar-refractivity contribution in [3.8, 4) is 17.2 Å². The standard InChI is InChI=1S/C28H38N2O5/c1-8-22(26(33)30-20-15-21(31)19(29)14-24(20)34-16-25(30)32)35-23-12-11-17(27(4,5)9-2)13-18(23)28(6,7)10-3/h11-15,22,31H,8-10,16,29H2,1-7H3. The first kappa shape index (κ1) is 26.4. The summed E-state index contributed by atoms with van der Waals surface area (Å²) in [6, 6.07) is 8.88. The summed E-state index contributed by atoms with van der Waals surface area (Å²) in [6.45, 7) is 14.6. The van der Waals surface area contributed by atoms with Crippen LogP contribution in [0.5, 0.6) is 17.2 Å². The number of ether oxygens (including phenoxy) is 2. The van der Waals surface area contributed by atoms with Crippen molar-refractivity contribution in [1.29, 1.82) is 0 Å². The highest BCUT2D eigenvalue weighted by atomic mass is 16.5. The number of hydrogen-bond acceptors (Lipinski definition) is 6. The second kappa shape index (κ2) is 9.80. The first-order chi connectivity index (χ1) is 16.4. The van der Waals surface area contributed by atoms with E-state index in [-0.39, 0.29) is 40.3 Å². The van der Waals surface area contributed by atoms with Crippen LogP contribution < -0.4 is 20.1 Å². The van der Waals surface area contributed by atoms with E-state index in [1.807, 2.05) is 13.0 Å². The lowest BCUT2D eigenvalue weighted by atomic mass is 9.76. The van der Waals surface area contributed by atoms with Crippen LogP contribution in [-0.2, 0) is 20.4 Å². The molecule has 1 atom stereocenters. The second-order valence-electron chi connectivity index (χ2n) is 10.4. The van der Waals surface area contributed by atoms with Crippen LogP contribution in [0.4, 0.5) is 11.4 Å². The van der Waals surface area contributed by atoms with Crippen molar-refractivity contribution < 1.29 is 24.2 Å². The molecule has 1 aliphatic heterocycles. The van der Waals surface area contributed by atoms with Crippen LogP contribution in [0.3, 0.4) is 0 Å². The smallest absolute Gasteiger partial charge is 0.275 e. The molecule has 0 fully saturated rings. The number of rotatable bonds is 8. The summed E-state index contributed by atoms with van der Waals surface area (Å²) in [5.74, 6) is -0.363. The van der Waals surface area contributed by atoms with Crippen molar-refractivity contribution >= 4 is 23.2 Å². The van der Waals surface area contributed by atoms with Gasteiger partial charge in [0.1, 0.15) is 17.2 Å². The van der Waals surface area contributed by atoms with E-state index in [1.54, 1.807) is 0 Å². The zero-order valence-corrected chi connectivity index (χ0v) is 21.9. The Hall–Kier alpha value is -3.22. The highest BCUT2D eigenvalue weighted by Gasteiger charge is 2.37. The summed E-state index contributed by atoms with van der Waals surface area (Å²) in [4.78, 5) is 27.4. The Morgan fingerprint density at radius 2 is 1.77 bits per heavy atom. The fraction of sp³-hybridized carbons (Fsp3) is 0.500. The Labute approximate surface area is 208 Å². The molecule has 0 saturated carbocycles. The summed E-state index contributed by atoms with van der Waals surface area (Å²) in [5.41, 5.74) is 8.11. The summed E-state index contributed by atoms with van der Waals surface area (Å²) in [5, 5.41) is 10.1. The Bertz CT molecular complexity index is 1120. The van der Waals surface area contributed by atoms with Gasteiger partial charge in [0, 0.05) is 17.7 Å². The molecule has 1 unspecified atom stereocenters. The van der Waals surface area contributed by atoms with Crippen LogP contribution in [0.1, 0.15) is 78.9 Å². The summed E-state index contributed by atoms with van der Waals surface area (Å²) >= 11 is 0. The van der Waals surface area contributed by atoms with E-state index < -0.39 is 17.9 Å². The number of phenolic OH excluding ortho intramolecular Hbond substituents is 1. The average molecular weight is 483 g/mol. The fourth-order valence-corrected chi connectivity index (χ4v) is 4.03. The zero-order valence-electron chi connectivity index (χ0n) is 21.9. The second-order valence-corrected chi connectivity index (χ2v) is 10.4. The average Bonchev–Trinajstić information content (AvgIpc) is 2.83. The van der Waals surface area contributed by atoms with Gasteiger partial charge in [0.05, 0.1) is 11.4 Å². The molecular weight excluding hydrogens is 444 g/mol. The molecule has 0 aromatic heterocycles. The van der Waals surface area contributed by atoms with Crippen LogP contribution in [0.2, 0.25) is 0 Å². The fourth-order valence-electron chi connectivity index (χ4n) is 4.03. The maximum absolute atomic E-state index is 13.6. The van der Waals surface area contributed by atoms with Gasteiger partial charge in [0.2, 0.25) is 0 Å². The highest BCUT2D eigenvalue weighted by Crippen LogP contribution is 2.41. The number of nitrogens with zero attached hydrogens (tertiary/aromatic N) is 1. The van der Waals surface area contributed by atoms with Crippen molar-refractivity contribution in [3.05, 3.63) is 41.5 Å². The minimum absolute atomic E-state index is 0.00482. The van der Waals surface area contributed by atoms with Gasteiger partial charge in [-0.25, -0.2) is 4.90 Å². The Kier molecular flexibility index (Phi) is 7.39. The third-order valence-corrected chi connectivity index (χ3v) is 7.34. The lowest BCUT2D eigenvalue weighted by Crippen LogP contribution is -2.49. The first-order valence-electron chi connectivity index (χ1n) is 12.3. The Balaban J connectivity index is 2.01. The number of aromatic hydroxyl groups is 1. The van der Waals surface area contributed by atoms with Crippen molar-refractivity contribution in [3.63, 3.8) is 0 Å². The normalized spacial score (nSPS) is 14.8. The molecule has 2 aromatic rings. The maximum atomic E-state index is 13.6. The monoisotopic (exact) mass is 482 g/mol. The van der Waals surface area contributed by atoms with Gasteiger partial charge in [-0.2, -0.15) is 0 Å². The van der Waals surface area contributed by atoms with Crippen LogP contribution in [-0.4, -0.2) is 29.6 Å². The Morgan fingerprint density at radius 3 is 2.37 bits per heavy atom. The molecule has 0 aliphatic carbocycles. The predicted molar refractivity (Wildman–Crippen MR) is 138 cm³/mol. The molecule has 0 saturated heterocycles. The van der Waals surface area contributed by atoms with Crippen molar-refractivity contribution in [2.75, 3.05) is 17.2 Å². The van der Waals surface area contributed by atoms with E-state index in [4.69, 9.17) is 15.2 Å². The molecule has 35 heavy (non-hydrogen) atoms. The topological polar surface area (TPSA) is 102 Å². The first-order valence-corrected chi connectivity index (χ1v) is 12.3. The van der Waals surface area contributed by atoms with Gasteiger partial charge in [-0.05, 0) is 41.7 Å². The number of anilines is 2. The molecular formula is C28H38N2O5. The molecule has 3 rings (SSSR count). The number of phenols is 1. The predicted octanol–water partition coefficient (Wildman–Crippen LogP) is 5.46. The molecule has 1 heterocycles. The van der Waals surface area contributed by atoms with Gasteiger partial charge in [0.15, 0.2) is 12.7 Å². The number of fused-ring (bicyclic) bond motifs is 1. The molecule has 7 heteroatoms. The van der Waals surface area contributed by atoms with E-state index in [2.05, 4.69) is 53.7 Å². The molecule has 0 radical (unpaired) electrons. The van der Waals surface area contributed by atoms with Gasteiger partial charge in [0.25, 0.3) is 11.8 Å². The number of hydrogen-bond donors (Lipinski definition) is 2. The number of carbonyl (C=O) groups is 2. The summed E-state index contributed by atoms with van der Waals surface area (Å²) in [7, 11) is 0. The maximum Gasteiger partial charge on any atom is 0.275 e. The van der Waals surface area contributed by atoms with E-state index in [9.17, 15) is 14.7 Å². The molecule has 0 spiro atoms. The van der Waals surface area contributed by atoms with E-state index >= 15 is 0 Å². The molecule has 7 nitrogen and oxygen atoms in total. The number of nitrogens with two attached hydrogens (primary N) is 1. The van der Waals surface area contributed by atoms with E-state index in [1.165, 1.54) is 17.7 Å². The molecule has 3 N–H and O–H groups in total. The summed E-state index contributed by atoms with van der Waals surface area (Å²) < 4.78 is 11.8. The lowest BCUT2D eigenvalue weighted by Gasteiger charge is -2.33. The van der Waals surface area contributed by atoms with Gasteiger partial charge in [-0.1, -0.05) is 60.6 Å². The zero-order chi connectivity index (χ0) is 26.1. The molecule has 190 valence electrons. The number of carbonyl (C=O) groups excluding carboxylic acids is 2. The van der Waals surface area contributed by atoms with Crippen LogP contribution in [0.25, 0.3) is 0 Å². The third-order valence-electron chi connectivity index (χ3n) is 7.34. The minimum atomic E-state index is -0.902. The van der Waals surface area contributed by atoms with Gasteiger partial charge in [-0.3, -0.25) is 9.59 Å². The van der Waals surface area contributed by atoms with E-state index in [0.717, 1.165) is 23.3 Å². The van der Waals surface area contributed by atoms with Gasteiger partial charge < -0.3 is 20.3 Å². The minimum Gasteiger partial charge on any atom is -0.506 e. The Morgan fingerprint density at radius 1 is 1.11 bits per heavy atom. The summed E-state index contributed by atoms with van der Waals surface area (Å²) in [6.07, 6.45) is 1.33. The van der Waals surface area contributed by atoms with Crippen LogP contribution in [0, 0.1) is 0 Å². The molecule has 2 aromatic carbocycles. The van der Waals surface area contributed by atoms with Gasteiger partial charge >= 0.3 is 0 Å². The number of benzene rings is 2. The van der Waals surface area contributed by atoms with Crippen molar-refractivity contribution in [2.24, 2.45) is 0 Å². The number of nitrogen functional groups attached to an aromatic ring is 1. The van der Waals surface area contributed by atoms with Crippen molar-refractivity contribution in [1.82, 2.24) is 0 Å². The number of imide groups is 1. The quantitative estimate of drug-likeness (QED) is 0.383. The largest absolute Gasteiger partial charge is 0.506 e. The van der Waals surface area contributed by atoms with Crippen molar-refractivity contribution in [2.45, 2.75) is 84.7 Å². The number of amides is 2. The van der Waals surface area contributed by atoms with E-state index in [0.29, 0.717) is 12.2 Å². The van der Waals surface area contributed by atoms with Gasteiger partial charge in [-0.15, -0.1) is 0 Å².